The lowest BCUT2D eigenvalue weighted by Gasteiger charge is -2.60. The first kappa shape index (κ1) is 43.0. The molecule has 11 heteroatoms. The van der Waals surface area contributed by atoms with Crippen molar-refractivity contribution >= 4 is 23.4 Å². The van der Waals surface area contributed by atoms with Gasteiger partial charge >= 0.3 is 0 Å². The molecule has 0 aromatic heterocycles. The van der Waals surface area contributed by atoms with Crippen molar-refractivity contribution in [2.24, 2.45) is 22.9 Å². The number of carbonyl (C=O) groups is 1. The van der Waals surface area contributed by atoms with Crippen molar-refractivity contribution in [2.45, 2.75) is 80.9 Å². The second-order valence-corrected chi connectivity index (χ2v) is 16.3. The van der Waals surface area contributed by atoms with E-state index < -0.39 is 17.7 Å². The summed E-state index contributed by atoms with van der Waals surface area (Å²) in [5, 5.41) is 33.9. The molecule has 0 spiro atoms. The molecule has 3 aromatic carbocycles. The van der Waals surface area contributed by atoms with Gasteiger partial charge in [0.25, 0.3) is 5.91 Å². The Morgan fingerprint density at radius 2 is 1.83 bits per heavy atom. The van der Waals surface area contributed by atoms with Crippen molar-refractivity contribution in [3.8, 4) is 17.6 Å². The second-order valence-electron chi connectivity index (χ2n) is 15.2. The second kappa shape index (κ2) is 20.9. The summed E-state index contributed by atoms with van der Waals surface area (Å²) in [7, 11) is 1.55. The van der Waals surface area contributed by atoms with Gasteiger partial charge in [-0.25, -0.2) is 0 Å². The summed E-state index contributed by atoms with van der Waals surface area (Å²) in [6.45, 7) is 7.43. The molecular weight excluding hydrogens is 751 g/mol. The monoisotopic (exact) mass is 807 g/mol. The van der Waals surface area contributed by atoms with Crippen molar-refractivity contribution in [3.05, 3.63) is 114 Å². The normalized spacial score (nSPS) is 23.7. The van der Waals surface area contributed by atoms with Crippen LogP contribution in [-0.2, 0) is 9.57 Å². The smallest absolute Gasteiger partial charge is 0.254 e. The summed E-state index contributed by atoms with van der Waals surface area (Å²) in [5.74, 6) is 0.354. The molecule has 58 heavy (non-hydrogen) atoms. The highest BCUT2D eigenvalue weighted by molar-refractivity contribution is 7.99. The fraction of sp³-hybridized carbons (Fsp3) is 0.468. The molecule has 2 aliphatic carbocycles. The van der Waals surface area contributed by atoms with E-state index in [1.807, 2.05) is 42.2 Å². The van der Waals surface area contributed by atoms with Gasteiger partial charge < -0.3 is 34.2 Å². The molecule has 1 aliphatic heterocycles. The Morgan fingerprint density at radius 3 is 2.52 bits per heavy atom. The number of ether oxygens (including phenoxy) is 3. The summed E-state index contributed by atoms with van der Waals surface area (Å²) in [5.41, 5.74) is 3.68. The van der Waals surface area contributed by atoms with Crippen LogP contribution in [-0.4, -0.2) is 84.4 Å². The number of aliphatic hydroxyl groups is 2. The van der Waals surface area contributed by atoms with Crippen molar-refractivity contribution < 1.29 is 34.1 Å². The van der Waals surface area contributed by atoms with Crippen LogP contribution in [0.4, 0.5) is 0 Å². The number of rotatable bonds is 21. The van der Waals surface area contributed by atoms with Gasteiger partial charge in [0.15, 0.2) is 0 Å². The van der Waals surface area contributed by atoms with Crippen LogP contribution in [0.2, 0.25) is 0 Å². The summed E-state index contributed by atoms with van der Waals surface area (Å²) >= 11 is 1.75. The number of amides is 1. The van der Waals surface area contributed by atoms with Crippen LogP contribution >= 0.6 is 11.8 Å². The molecule has 6 atom stereocenters. The first-order chi connectivity index (χ1) is 28.4. The number of nitrogens with zero attached hydrogens (tertiary/aromatic N) is 3. The van der Waals surface area contributed by atoms with Crippen molar-refractivity contribution in [2.75, 3.05) is 45.8 Å². The van der Waals surface area contributed by atoms with E-state index in [1.54, 1.807) is 49.2 Å². The summed E-state index contributed by atoms with van der Waals surface area (Å²) in [4.78, 5) is 23.4. The van der Waals surface area contributed by atoms with E-state index in [9.17, 15) is 20.3 Å². The van der Waals surface area contributed by atoms with E-state index in [4.69, 9.17) is 19.0 Å². The van der Waals surface area contributed by atoms with Crippen LogP contribution in [0.1, 0.15) is 85.7 Å². The lowest BCUT2D eigenvalue weighted by Crippen LogP contribution is -2.70. The number of aliphatic hydroxyl groups excluding tert-OH is 2. The summed E-state index contributed by atoms with van der Waals surface area (Å²) in [6.07, 6.45) is 9.82. The minimum Gasteiger partial charge on any atom is -0.493 e. The Hall–Kier alpha value is -4.60. The third kappa shape index (κ3) is 9.47. The SMILES string of the molecule is C=CCOC12Oc3ccc(OCCSc4ccccc4)cc3C3C(CCCCO)C(CCCCO)C=C(C(=NOC)CC1N(CCC)C(=O)c1ccc(C#N)cc1)C32. The predicted octanol–water partition coefficient (Wildman–Crippen LogP) is 8.55. The molecule has 3 aromatic rings. The third-order valence-electron chi connectivity index (χ3n) is 11.6. The van der Waals surface area contributed by atoms with Gasteiger partial charge in [-0.15, -0.1) is 18.3 Å². The van der Waals surface area contributed by atoms with Crippen LogP contribution in [0.3, 0.4) is 0 Å². The fourth-order valence-electron chi connectivity index (χ4n) is 9.18. The largest absolute Gasteiger partial charge is 0.493 e. The number of hydrogen-bond acceptors (Lipinski definition) is 10. The summed E-state index contributed by atoms with van der Waals surface area (Å²) in [6, 6.07) is 24.6. The van der Waals surface area contributed by atoms with Crippen LogP contribution in [0.25, 0.3) is 0 Å². The molecule has 6 unspecified atom stereocenters. The molecule has 1 amide bonds. The van der Waals surface area contributed by atoms with Gasteiger partial charge in [0.2, 0.25) is 5.79 Å². The molecule has 6 rings (SSSR count). The van der Waals surface area contributed by atoms with E-state index in [2.05, 4.69) is 42.1 Å². The molecule has 1 fully saturated rings. The maximum absolute atomic E-state index is 14.7. The van der Waals surface area contributed by atoms with E-state index >= 15 is 0 Å². The van der Waals surface area contributed by atoms with E-state index in [1.165, 1.54) is 4.90 Å². The zero-order chi connectivity index (χ0) is 40.9. The van der Waals surface area contributed by atoms with Gasteiger partial charge in [-0.1, -0.05) is 55.3 Å². The van der Waals surface area contributed by atoms with E-state index in [-0.39, 0.29) is 43.5 Å². The predicted molar refractivity (Wildman–Crippen MR) is 227 cm³/mol. The minimum absolute atomic E-state index is 0.105. The highest BCUT2D eigenvalue weighted by atomic mass is 32.2. The summed E-state index contributed by atoms with van der Waals surface area (Å²) < 4.78 is 20.8. The standard InChI is InChI=1S/C47H57N3O7S/c1-4-23-50(46(53)34-19-17-33(32-48)18-20-34)43-31-41(49-54-3)39-29-35(13-9-11-24-51)38(16-10-12-25-52)44-40-30-36(55-27-28-58-37-14-7-6-8-15-37)21-22-42(40)57-47(43,45(39)44)56-26-5-2/h5-8,14-15,17-22,29-30,35,38,43-45,51-52H,2,4,9-13,16,23-28,31H2,1,3H3. The van der Waals surface area contributed by atoms with E-state index in [0.717, 1.165) is 54.0 Å². The molecule has 1 saturated carbocycles. The first-order valence-electron chi connectivity index (χ1n) is 20.7. The van der Waals surface area contributed by atoms with Crippen LogP contribution < -0.4 is 9.47 Å². The number of hydrogen-bond donors (Lipinski definition) is 2. The average Bonchev–Trinajstić information content (AvgIpc) is 3.25. The molecule has 0 radical (unpaired) electrons. The number of allylic oxidation sites excluding steroid dienone is 1. The molecule has 308 valence electrons. The molecule has 10 nitrogen and oxygen atoms in total. The van der Waals surface area contributed by atoms with Gasteiger partial charge in [-0.05, 0) is 104 Å². The quantitative estimate of drug-likeness (QED) is 0.0470. The molecule has 0 saturated heterocycles. The molecule has 3 aliphatic rings. The average molecular weight is 808 g/mol. The van der Waals surface area contributed by atoms with Crippen molar-refractivity contribution in [1.82, 2.24) is 4.90 Å². The molecular formula is C47H57N3O7S. The van der Waals surface area contributed by atoms with Crippen molar-refractivity contribution in [3.63, 3.8) is 0 Å². The Balaban J connectivity index is 1.50. The van der Waals surface area contributed by atoms with Crippen molar-refractivity contribution in [1.29, 1.82) is 5.26 Å². The number of oxime groups is 1. The number of benzene rings is 3. The van der Waals surface area contributed by atoms with Crippen LogP contribution in [0, 0.1) is 29.1 Å². The Bertz CT molecular complexity index is 1930. The van der Waals surface area contributed by atoms with Gasteiger partial charge in [-0.3, -0.25) is 4.79 Å². The Kier molecular flexibility index (Phi) is 15.5. The zero-order valence-corrected chi connectivity index (χ0v) is 34.6. The number of fused-ring (bicyclic) bond motifs is 2. The highest BCUT2D eigenvalue weighted by Gasteiger charge is 2.65. The van der Waals surface area contributed by atoms with Crippen LogP contribution in [0.5, 0.6) is 11.5 Å². The molecule has 2 N–H and O–H groups in total. The van der Waals surface area contributed by atoms with Gasteiger partial charge in [0.05, 0.1) is 36.5 Å². The van der Waals surface area contributed by atoms with Gasteiger partial charge in [-0.2, -0.15) is 5.26 Å². The third-order valence-corrected chi connectivity index (χ3v) is 12.5. The number of thioether (sulfide) groups is 1. The zero-order valence-electron chi connectivity index (χ0n) is 33.8. The Labute approximate surface area is 347 Å². The molecule has 0 bridgehead atoms. The first-order valence-corrected chi connectivity index (χ1v) is 21.6. The highest BCUT2D eigenvalue weighted by Crippen LogP contribution is 2.62. The lowest BCUT2D eigenvalue weighted by atomic mass is 9.55. The molecule has 1 heterocycles. The number of nitriles is 1. The van der Waals surface area contributed by atoms with E-state index in [0.29, 0.717) is 55.7 Å². The van der Waals surface area contributed by atoms with Gasteiger partial charge in [0, 0.05) is 53.9 Å². The number of carbonyl (C=O) groups excluding carboxylic acids is 1. The fourth-order valence-corrected chi connectivity index (χ4v) is 9.93. The van der Waals surface area contributed by atoms with Crippen LogP contribution in [0.15, 0.2) is 107 Å². The minimum atomic E-state index is -1.35. The van der Waals surface area contributed by atoms with Gasteiger partial charge in [0.1, 0.15) is 24.7 Å². The number of unbranched alkanes of at least 4 members (excludes halogenated alkanes) is 2. The lowest BCUT2D eigenvalue weighted by molar-refractivity contribution is -0.254. The topological polar surface area (TPSA) is 134 Å². The maximum Gasteiger partial charge on any atom is 0.254 e. The maximum atomic E-state index is 14.7. The Morgan fingerprint density at radius 1 is 1.07 bits per heavy atom.